The van der Waals surface area contributed by atoms with Crippen molar-refractivity contribution in [1.29, 1.82) is 0 Å². The lowest BCUT2D eigenvalue weighted by molar-refractivity contribution is 0.270. The Morgan fingerprint density at radius 2 is 2.40 bits per heavy atom. The van der Waals surface area contributed by atoms with Gasteiger partial charge in [0.1, 0.15) is 0 Å². The van der Waals surface area contributed by atoms with Crippen LogP contribution < -0.4 is 5.32 Å². The third-order valence-electron chi connectivity index (χ3n) is 3.55. The smallest absolute Gasteiger partial charge is 0.0315 e. The second-order valence-electron chi connectivity index (χ2n) is 4.71. The van der Waals surface area contributed by atoms with Crippen molar-refractivity contribution in [1.82, 2.24) is 5.32 Å². The largest absolute Gasteiger partial charge is 0.311 e. The third-order valence-corrected chi connectivity index (χ3v) is 5.48. The maximum atomic E-state index is 3.72. The summed E-state index contributed by atoms with van der Waals surface area (Å²) >= 11 is 5.49. The molecule has 1 aromatic heterocycles. The van der Waals surface area contributed by atoms with Crippen molar-refractivity contribution in [3.63, 3.8) is 0 Å². The van der Waals surface area contributed by atoms with Crippen molar-refractivity contribution >= 4 is 27.3 Å². The lowest BCUT2D eigenvalue weighted by atomic mass is 9.81. The van der Waals surface area contributed by atoms with E-state index in [1.807, 2.05) is 11.3 Å². The molecule has 1 saturated heterocycles. The van der Waals surface area contributed by atoms with E-state index < -0.39 is 0 Å². The van der Waals surface area contributed by atoms with Crippen molar-refractivity contribution in [2.24, 2.45) is 5.92 Å². The Bertz CT molecular complexity index is 326. The fourth-order valence-electron chi connectivity index (χ4n) is 2.42. The van der Waals surface area contributed by atoms with Crippen molar-refractivity contribution < 1.29 is 0 Å². The van der Waals surface area contributed by atoms with Gasteiger partial charge in [0.15, 0.2) is 0 Å². The zero-order chi connectivity index (χ0) is 10.9. The molecule has 2 rings (SSSR count). The summed E-state index contributed by atoms with van der Waals surface area (Å²) in [5.41, 5.74) is 0.341. The molecule has 1 nitrogen and oxygen atoms in total. The number of hydrogen-bond acceptors (Lipinski definition) is 2. The summed E-state index contributed by atoms with van der Waals surface area (Å²) in [6.07, 6.45) is 3.80. The topological polar surface area (TPSA) is 12.0 Å². The molecule has 1 atom stereocenters. The standard InChI is InChI=1S/C12H18BrNS/c1-9(2)12(5-3-6-14-12)8-11-10(13)4-7-15-11/h4,7,9,14H,3,5-6,8H2,1-2H3. The third kappa shape index (κ3) is 2.29. The molecular formula is C12H18BrNS. The molecule has 2 heterocycles. The van der Waals surface area contributed by atoms with Crippen LogP contribution in [0.4, 0.5) is 0 Å². The first-order valence-corrected chi connectivity index (χ1v) is 7.28. The van der Waals surface area contributed by atoms with Crippen LogP contribution in [0.15, 0.2) is 15.9 Å². The Balaban J connectivity index is 2.17. The summed E-state index contributed by atoms with van der Waals surface area (Å²) in [5, 5.41) is 5.89. The SMILES string of the molecule is CC(C)C1(Cc2sccc2Br)CCCN1. The van der Waals surface area contributed by atoms with Gasteiger partial charge in [-0.2, -0.15) is 0 Å². The molecule has 1 N–H and O–H groups in total. The minimum absolute atomic E-state index is 0.341. The van der Waals surface area contributed by atoms with Crippen LogP contribution in [0.2, 0.25) is 0 Å². The number of halogens is 1. The summed E-state index contributed by atoms with van der Waals surface area (Å²) < 4.78 is 1.28. The number of thiophene rings is 1. The van der Waals surface area contributed by atoms with Crippen LogP contribution in [0.3, 0.4) is 0 Å². The average molecular weight is 288 g/mol. The molecule has 1 aliphatic rings. The van der Waals surface area contributed by atoms with E-state index in [-0.39, 0.29) is 0 Å². The van der Waals surface area contributed by atoms with Crippen LogP contribution in [0, 0.1) is 5.92 Å². The Morgan fingerprint density at radius 1 is 1.60 bits per heavy atom. The van der Waals surface area contributed by atoms with Gasteiger partial charge in [-0.15, -0.1) is 11.3 Å². The van der Waals surface area contributed by atoms with E-state index in [2.05, 4.69) is 46.5 Å². The summed E-state index contributed by atoms with van der Waals surface area (Å²) in [7, 11) is 0. The second-order valence-corrected chi connectivity index (χ2v) is 6.56. The van der Waals surface area contributed by atoms with Gasteiger partial charge in [0, 0.05) is 21.3 Å². The molecule has 0 spiro atoms. The molecule has 3 heteroatoms. The Labute approximate surface area is 104 Å². The molecule has 0 aliphatic carbocycles. The molecule has 1 aliphatic heterocycles. The number of nitrogens with one attached hydrogen (secondary N) is 1. The van der Waals surface area contributed by atoms with Gasteiger partial charge < -0.3 is 5.32 Å². The molecule has 1 fully saturated rings. The molecule has 0 radical (unpaired) electrons. The molecule has 15 heavy (non-hydrogen) atoms. The Kier molecular flexibility index (Phi) is 3.53. The maximum Gasteiger partial charge on any atom is 0.0315 e. The average Bonchev–Trinajstić information content (AvgIpc) is 2.78. The minimum Gasteiger partial charge on any atom is -0.311 e. The molecule has 1 aromatic rings. The van der Waals surface area contributed by atoms with E-state index in [4.69, 9.17) is 0 Å². The summed E-state index contributed by atoms with van der Waals surface area (Å²) in [4.78, 5) is 1.48. The normalized spacial score (nSPS) is 26.4. The van der Waals surface area contributed by atoms with E-state index >= 15 is 0 Å². The van der Waals surface area contributed by atoms with Gasteiger partial charge in [0.2, 0.25) is 0 Å². The van der Waals surface area contributed by atoms with Crippen LogP contribution in [-0.2, 0) is 6.42 Å². The lowest BCUT2D eigenvalue weighted by Crippen LogP contribution is -2.46. The van der Waals surface area contributed by atoms with E-state index in [0.717, 1.165) is 0 Å². The maximum absolute atomic E-state index is 3.72. The fraction of sp³-hybridized carbons (Fsp3) is 0.667. The molecule has 1 unspecified atom stereocenters. The summed E-state index contributed by atoms with van der Waals surface area (Å²) in [6, 6.07) is 2.16. The first-order valence-electron chi connectivity index (χ1n) is 5.61. The summed E-state index contributed by atoms with van der Waals surface area (Å²) in [5.74, 6) is 0.703. The number of hydrogen-bond donors (Lipinski definition) is 1. The Hall–Kier alpha value is 0.140. The predicted octanol–water partition coefficient (Wildman–Crippen LogP) is 3.83. The van der Waals surface area contributed by atoms with Crippen LogP contribution in [0.5, 0.6) is 0 Å². The zero-order valence-electron chi connectivity index (χ0n) is 9.35. The van der Waals surface area contributed by atoms with Gasteiger partial charge >= 0.3 is 0 Å². The highest BCUT2D eigenvalue weighted by molar-refractivity contribution is 9.10. The molecule has 0 amide bonds. The Morgan fingerprint density at radius 3 is 2.87 bits per heavy atom. The van der Waals surface area contributed by atoms with Gasteiger partial charge in [-0.25, -0.2) is 0 Å². The van der Waals surface area contributed by atoms with Gasteiger partial charge in [-0.3, -0.25) is 0 Å². The van der Waals surface area contributed by atoms with Crippen molar-refractivity contribution in [2.75, 3.05) is 6.54 Å². The molecule has 0 saturated carbocycles. The van der Waals surface area contributed by atoms with Crippen LogP contribution in [0.25, 0.3) is 0 Å². The first kappa shape index (κ1) is 11.6. The fourth-order valence-corrected chi connectivity index (χ4v) is 4.03. The molecule has 0 aromatic carbocycles. The van der Waals surface area contributed by atoms with Gasteiger partial charge in [-0.05, 0) is 52.7 Å². The van der Waals surface area contributed by atoms with Crippen LogP contribution in [-0.4, -0.2) is 12.1 Å². The minimum atomic E-state index is 0.341. The molecule has 0 bridgehead atoms. The second kappa shape index (κ2) is 4.56. The van der Waals surface area contributed by atoms with E-state index in [1.165, 1.54) is 35.2 Å². The van der Waals surface area contributed by atoms with E-state index in [1.54, 1.807) is 0 Å². The predicted molar refractivity (Wildman–Crippen MR) is 70.5 cm³/mol. The van der Waals surface area contributed by atoms with Crippen molar-refractivity contribution in [3.8, 4) is 0 Å². The monoisotopic (exact) mass is 287 g/mol. The van der Waals surface area contributed by atoms with E-state index in [0.29, 0.717) is 11.5 Å². The highest BCUT2D eigenvalue weighted by Gasteiger charge is 2.37. The van der Waals surface area contributed by atoms with Crippen molar-refractivity contribution in [3.05, 3.63) is 20.8 Å². The van der Waals surface area contributed by atoms with Gasteiger partial charge in [0.25, 0.3) is 0 Å². The van der Waals surface area contributed by atoms with Crippen molar-refractivity contribution in [2.45, 2.75) is 38.6 Å². The lowest BCUT2D eigenvalue weighted by Gasteiger charge is -2.33. The van der Waals surface area contributed by atoms with Gasteiger partial charge in [0.05, 0.1) is 0 Å². The van der Waals surface area contributed by atoms with Crippen LogP contribution in [0.1, 0.15) is 31.6 Å². The molecule has 84 valence electrons. The van der Waals surface area contributed by atoms with Crippen LogP contribution >= 0.6 is 27.3 Å². The zero-order valence-corrected chi connectivity index (χ0v) is 11.7. The molecular weight excluding hydrogens is 270 g/mol. The van der Waals surface area contributed by atoms with Gasteiger partial charge in [-0.1, -0.05) is 13.8 Å². The highest BCUT2D eigenvalue weighted by Crippen LogP contribution is 2.35. The first-order chi connectivity index (χ1) is 7.14. The number of rotatable bonds is 3. The summed E-state index contributed by atoms with van der Waals surface area (Å²) in [6.45, 7) is 5.85. The highest BCUT2D eigenvalue weighted by atomic mass is 79.9. The quantitative estimate of drug-likeness (QED) is 0.891. The van der Waals surface area contributed by atoms with E-state index in [9.17, 15) is 0 Å².